The highest BCUT2D eigenvalue weighted by Gasteiger charge is 2.20. The number of benzene rings is 1. The Morgan fingerprint density at radius 3 is 2.18 bits per heavy atom. The number of nitrogens with zero attached hydrogens (tertiary/aromatic N) is 1. The van der Waals surface area contributed by atoms with Crippen LogP contribution in [-0.4, -0.2) is 21.4 Å². The molecule has 4 heteroatoms. The van der Waals surface area contributed by atoms with Crippen LogP contribution in [0.25, 0.3) is 0 Å². The molecule has 0 aliphatic rings. The summed E-state index contributed by atoms with van der Waals surface area (Å²) in [6.07, 6.45) is -0.0764. The number of hydrogen-bond donors (Lipinski definition) is 1. The lowest BCUT2D eigenvalue weighted by Gasteiger charge is -2.13. The molecule has 0 atom stereocenters. The molecule has 1 heterocycles. The summed E-state index contributed by atoms with van der Waals surface area (Å²) in [5, 5.41) is 8.97. The van der Waals surface area contributed by atoms with E-state index in [0.717, 1.165) is 16.7 Å². The monoisotopic (exact) mass is 299 g/mol. The highest BCUT2D eigenvalue weighted by atomic mass is 16.4. The van der Waals surface area contributed by atoms with Gasteiger partial charge in [0, 0.05) is 17.8 Å². The van der Waals surface area contributed by atoms with Gasteiger partial charge in [-0.3, -0.25) is 9.59 Å². The van der Waals surface area contributed by atoms with Crippen LogP contribution in [0.5, 0.6) is 0 Å². The third-order valence-corrected chi connectivity index (χ3v) is 3.86. The average Bonchev–Trinajstić information content (AvgIpc) is 2.79. The normalized spacial score (nSPS) is 10.7. The number of ketones is 1. The molecule has 0 amide bonds. The fourth-order valence-electron chi connectivity index (χ4n) is 3.06. The van der Waals surface area contributed by atoms with Gasteiger partial charge >= 0.3 is 5.97 Å². The maximum atomic E-state index is 12.9. The largest absolute Gasteiger partial charge is 0.481 e. The predicted molar refractivity (Wildman–Crippen MR) is 85.5 cm³/mol. The van der Waals surface area contributed by atoms with Gasteiger partial charge < -0.3 is 9.67 Å². The van der Waals surface area contributed by atoms with E-state index in [1.54, 1.807) is 16.7 Å². The standard InChI is InChI=1S/C18H21NO3/c1-5-19-14(10-16(20)21)6-7-15(19)18(22)17-12(3)8-11(2)9-13(17)4/h6-9H,5,10H2,1-4H3,(H,20,21). The first-order valence-corrected chi connectivity index (χ1v) is 7.37. The number of hydrogen-bond acceptors (Lipinski definition) is 2. The van der Waals surface area contributed by atoms with E-state index in [1.165, 1.54) is 0 Å². The van der Waals surface area contributed by atoms with E-state index >= 15 is 0 Å². The molecule has 0 unspecified atom stereocenters. The Kier molecular flexibility index (Phi) is 4.50. The first kappa shape index (κ1) is 16.0. The van der Waals surface area contributed by atoms with Crippen molar-refractivity contribution < 1.29 is 14.7 Å². The maximum absolute atomic E-state index is 12.9. The van der Waals surface area contributed by atoms with Gasteiger partial charge in [0.15, 0.2) is 0 Å². The lowest BCUT2D eigenvalue weighted by atomic mass is 9.95. The Bertz CT molecular complexity index is 718. The minimum Gasteiger partial charge on any atom is -0.481 e. The number of carboxylic acid groups (broad SMARTS) is 1. The van der Waals surface area contributed by atoms with Crippen molar-refractivity contribution in [2.75, 3.05) is 0 Å². The molecule has 2 aromatic rings. The van der Waals surface area contributed by atoms with E-state index in [2.05, 4.69) is 0 Å². The predicted octanol–water partition coefficient (Wildman–Crippen LogP) is 3.29. The summed E-state index contributed by atoms with van der Waals surface area (Å²) in [7, 11) is 0. The Labute approximate surface area is 130 Å². The minimum absolute atomic E-state index is 0.0477. The molecule has 0 saturated carbocycles. The molecule has 1 N–H and O–H groups in total. The smallest absolute Gasteiger partial charge is 0.309 e. The first-order valence-electron chi connectivity index (χ1n) is 7.37. The number of aliphatic carboxylic acids is 1. The second kappa shape index (κ2) is 6.18. The molecular weight excluding hydrogens is 278 g/mol. The zero-order chi connectivity index (χ0) is 16.4. The zero-order valence-electron chi connectivity index (χ0n) is 13.4. The van der Waals surface area contributed by atoms with E-state index in [9.17, 15) is 9.59 Å². The van der Waals surface area contributed by atoms with E-state index in [-0.39, 0.29) is 12.2 Å². The highest BCUT2D eigenvalue weighted by molar-refractivity contribution is 6.10. The molecule has 22 heavy (non-hydrogen) atoms. The molecule has 0 bridgehead atoms. The molecule has 116 valence electrons. The van der Waals surface area contributed by atoms with Gasteiger partial charge in [-0.05, 0) is 51.0 Å². The molecule has 0 saturated heterocycles. The quantitative estimate of drug-likeness (QED) is 0.862. The number of aromatic nitrogens is 1. The summed E-state index contributed by atoms with van der Waals surface area (Å²) >= 11 is 0. The topological polar surface area (TPSA) is 59.3 Å². The lowest BCUT2D eigenvalue weighted by molar-refractivity contribution is -0.136. The Hall–Kier alpha value is -2.36. The summed E-state index contributed by atoms with van der Waals surface area (Å²) in [4.78, 5) is 23.8. The van der Waals surface area contributed by atoms with Crippen LogP contribution < -0.4 is 0 Å². The first-order chi connectivity index (χ1) is 10.3. The maximum Gasteiger partial charge on any atom is 0.309 e. The molecule has 0 spiro atoms. The molecule has 1 aromatic heterocycles. The van der Waals surface area contributed by atoms with Crippen molar-refractivity contribution in [1.29, 1.82) is 0 Å². The van der Waals surface area contributed by atoms with E-state index in [4.69, 9.17) is 5.11 Å². The number of rotatable bonds is 5. The van der Waals surface area contributed by atoms with Gasteiger partial charge in [-0.25, -0.2) is 0 Å². The number of carboxylic acids is 1. The molecule has 2 rings (SSSR count). The third-order valence-electron chi connectivity index (χ3n) is 3.86. The summed E-state index contributed by atoms with van der Waals surface area (Å²) in [5.74, 6) is -0.942. The highest BCUT2D eigenvalue weighted by Crippen LogP contribution is 2.22. The van der Waals surface area contributed by atoms with E-state index in [0.29, 0.717) is 23.5 Å². The fraction of sp³-hybridized carbons (Fsp3) is 0.333. The van der Waals surface area contributed by atoms with Crippen molar-refractivity contribution >= 4 is 11.8 Å². The minimum atomic E-state index is -0.894. The summed E-state index contributed by atoms with van der Waals surface area (Å²) < 4.78 is 1.79. The Morgan fingerprint density at radius 2 is 1.68 bits per heavy atom. The van der Waals surface area contributed by atoms with Gasteiger partial charge in [0.1, 0.15) is 0 Å². The van der Waals surface area contributed by atoms with E-state index in [1.807, 2.05) is 39.8 Å². The number of carbonyl (C=O) groups excluding carboxylic acids is 1. The van der Waals surface area contributed by atoms with Crippen molar-refractivity contribution in [3.63, 3.8) is 0 Å². The molecular formula is C18H21NO3. The van der Waals surface area contributed by atoms with Crippen LogP contribution in [-0.2, 0) is 17.8 Å². The van der Waals surface area contributed by atoms with Gasteiger partial charge in [-0.15, -0.1) is 0 Å². The van der Waals surface area contributed by atoms with Crippen LogP contribution in [0.1, 0.15) is 45.4 Å². The molecule has 0 aliphatic heterocycles. The zero-order valence-corrected chi connectivity index (χ0v) is 13.4. The number of carbonyl (C=O) groups is 2. The second-order valence-electron chi connectivity index (χ2n) is 5.63. The summed E-state index contributed by atoms with van der Waals surface area (Å²) in [6.45, 7) is 8.36. The Balaban J connectivity index is 2.51. The van der Waals surface area contributed by atoms with Crippen molar-refractivity contribution in [3.05, 3.63) is 57.9 Å². The molecule has 0 aliphatic carbocycles. The van der Waals surface area contributed by atoms with Gasteiger partial charge in [0.2, 0.25) is 5.78 Å². The van der Waals surface area contributed by atoms with Crippen molar-refractivity contribution in [1.82, 2.24) is 4.57 Å². The van der Waals surface area contributed by atoms with Crippen molar-refractivity contribution in [2.24, 2.45) is 0 Å². The summed E-state index contributed by atoms with van der Waals surface area (Å²) in [6, 6.07) is 7.45. The second-order valence-corrected chi connectivity index (χ2v) is 5.63. The van der Waals surface area contributed by atoms with Crippen LogP contribution in [0.2, 0.25) is 0 Å². The fourth-order valence-corrected chi connectivity index (χ4v) is 3.06. The molecule has 4 nitrogen and oxygen atoms in total. The molecule has 0 fully saturated rings. The van der Waals surface area contributed by atoms with Gasteiger partial charge in [-0.2, -0.15) is 0 Å². The molecule has 1 aromatic carbocycles. The van der Waals surface area contributed by atoms with Crippen LogP contribution in [0.4, 0.5) is 0 Å². The summed E-state index contributed by atoms with van der Waals surface area (Å²) in [5.41, 5.74) is 4.94. The Morgan fingerprint density at radius 1 is 1.09 bits per heavy atom. The molecule has 0 radical (unpaired) electrons. The van der Waals surface area contributed by atoms with Crippen LogP contribution in [0.15, 0.2) is 24.3 Å². The van der Waals surface area contributed by atoms with Crippen molar-refractivity contribution in [2.45, 2.75) is 40.7 Å². The van der Waals surface area contributed by atoms with Crippen LogP contribution in [0, 0.1) is 20.8 Å². The SMILES string of the molecule is CCn1c(CC(=O)O)ccc1C(=O)c1c(C)cc(C)cc1C. The number of aryl methyl sites for hydroxylation is 3. The lowest BCUT2D eigenvalue weighted by Crippen LogP contribution is -2.15. The van der Waals surface area contributed by atoms with E-state index < -0.39 is 5.97 Å². The third kappa shape index (κ3) is 2.96. The van der Waals surface area contributed by atoms with Gasteiger partial charge in [-0.1, -0.05) is 17.7 Å². The van der Waals surface area contributed by atoms with Crippen molar-refractivity contribution in [3.8, 4) is 0 Å². The average molecular weight is 299 g/mol. The van der Waals surface area contributed by atoms with Gasteiger partial charge in [0.05, 0.1) is 12.1 Å². The van der Waals surface area contributed by atoms with Crippen LogP contribution in [0.3, 0.4) is 0 Å². The van der Waals surface area contributed by atoms with Crippen LogP contribution >= 0.6 is 0 Å². The van der Waals surface area contributed by atoms with Gasteiger partial charge in [0.25, 0.3) is 0 Å².